The van der Waals surface area contributed by atoms with Crippen LogP contribution in [-0.4, -0.2) is 33.6 Å². The average Bonchev–Trinajstić information content (AvgIpc) is 2.13. The Bertz CT molecular complexity index is 117. The van der Waals surface area contributed by atoms with Crippen LogP contribution in [0.15, 0.2) is 0 Å². The number of rotatable bonds is 7. The van der Waals surface area contributed by atoms with E-state index in [0.29, 0.717) is 25.7 Å². The van der Waals surface area contributed by atoms with Crippen molar-refractivity contribution >= 4 is 0 Å². The average molecular weight is 206 g/mol. The second kappa shape index (κ2) is 9.44. The van der Waals surface area contributed by atoms with Gasteiger partial charge in [0.05, 0.1) is 18.3 Å². The Kier molecular flexibility index (Phi) is 11.0. The predicted molar refractivity (Wildman–Crippen MR) is 59.2 cm³/mol. The number of hydrogen-bond donors (Lipinski definition) is 3. The van der Waals surface area contributed by atoms with Gasteiger partial charge >= 0.3 is 0 Å². The summed E-state index contributed by atoms with van der Waals surface area (Å²) >= 11 is 0. The molecule has 0 rings (SSSR count). The summed E-state index contributed by atoms with van der Waals surface area (Å²) in [4.78, 5) is 0. The third kappa shape index (κ3) is 8.48. The minimum Gasteiger partial charge on any atom is -0.393 e. The van der Waals surface area contributed by atoms with Gasteiger partial charge in [-0.2, -0.15) is 0 Å². The van der Waals surface area contributed by atoms with E-state index in [0.717, 1.165) is 6.42 Å². The molecule has 3 atom stereocenters. The molecule has 0 aromatic carbocycles. The van der Waals surface area contributed by atoms with Crippen molar-refractivity contribution < 1.29 is 15.3 Å². The molecule has 0 aromatic rings. The molecule has 0 amide bonds. The summed E-state index contributed by atoms with van der Waals surface area (Å²) in [7, 11) is 0. The highest BCUT2D eigenvalue weighted by Gasteiger charge is 2.11. The predicted octanol–water partition coefficient (Wildman–Crippen LogP) is 1.70. The van der Waals surface area contributed by atoms with Crippen LogP contribution in [0, 0.1) is 0 Å². The first-order valence-corrected chi connectivity index (χ1v) is 5.14. The van der Waals surface area contributed by atoms with E-state index < -0.39 is 12.2 Å². The molecule has 0 aliphatic carbocycles. The molecule has 0 fully saturated rings. The highest BCUT2D eigenvalue weighted by Crippen LogP contribution is 2.10. The zero-order valence-electron chi connectivity index (χ0n) is 8.61. The summed E-state index contributed by atoms with van der Waals surface area (Å²) in [6, 6.07) is 0. The maximum absolute atomic E-state index is 9.42. The van der Waals surface area contributed by atoms with Crippen molar-refractivity contribution in [2.45, 2.75) is 71.7 Å². The number of aliphatic hydroxyl groups excluding tert-OH is 3. The van der Waals surface area contributed by atoms with Crippen LogP contribution in [0.1, 0.15) is 53.4 Å². The minimum atomic E-state index is -0.476. The fourth-order valence-corrected chi connectivity index (χ4v) is 1.19. The zero-order valence-corrected chi connectivity index (χ0v) is 8.61. The molecule has 0 aromatic heterocycles. The van der Waals surface area contributed by atoms with Crippen molar-refractivity contribution in [3.8, 4) is 0 Å². The van der Waals surface area contributed by atoms with Crippen molar-refractivity contribution in [2.24, 2.45) is 0 Å². The van der Waals surface area contributed by atoms with Gasteiger partial charge < -0.3 is 15.3 Å². The molecule has 0 bridgehead atoms. The molecule has 0 aliphatic heterocycles. The van der Waals surface area contributed by atoms with E-state index >= 15 is 0 Å². The molecular weight excluding hydrogens is 180 g/mol. The number of aliphatic hydroxyl groups is 3. The van der Waals surface area contributed by atoms with Crippen LogP contribution in [-0.2, 0) is 0 Å². The van der Waals surface area contributed by atoms with Crippen molar-refractivity contribution in [1.29, 1.82) is 0 Å². The fraction of sp³-hybridized carbons (Fsp3) is 1.00. The van der Waals surface area contributed by atoms with E-state index in [1.807, 2.05) is 13.8 Å². The van der Waals surface area contributed by atoms with E-state index in [2.05, 4.69) is 0 Å². The SMILES string of the molecule is C.CCC(O)CCC(O)CC(O)CC. The van der Waals surface area contributed by atoms with E-state index in [1.165, 1.54) is 0 Å². The molecule has 88 valence electrons. The third-order valence-electron chi connectivity index (χ3n) is 2.32. The molecule has 0 radical (unpaired) electrons. The Hall–Kier alpha value is -0.120. The third-order valence-corrected chi connectivity index (χ3v) is 2.32. The molecule has 0 heterocycles. The van der Waals surface area contributed by atoms with Crippen molar-refractivity contribution in [1.82, 2.24) is 0 Å². The van der Waals surface area contributed by atoms with Gasteiger partial charge in [0.25, 0.3) is 0 Å². The lowest BCUT2D eigenvalue weighted by Crippen LogP contribution is -2.18. The topological polar surface area (TPSA) is 60.7 Å². The number of hydrogen-bond acceptors (Lipinski definition) is 3. The van der Waals surface area contributed by atoms with Gasteiger partial charge in [0.15, 0.2) is 0 Å². The molecule has 3 nitrogen and oxygen atoms in total. The monoisotopic (exact) mass is 206 g/mol. The van der Waals surface area contributed by atoms with Crippen molar-refractivity contribution in [2.75, 3.05) is 0 Å². The van der Waals surface area contributed by atoms with Crippen LogP contribution >= 0.6 is 0 Å². The Labute approximate surface area is 87.8 Å². The Morgan fingerprint density at radius 2 is 1.21 bits per heavy atom. The molecule has 0 spiro atoms. The molecular formula is C11H26O3. The lowest BCUT2D eigenvalue weighted by atomic mass is 10.0. The first kappa shape index (κ1) is 16.3. The standard InChI is InChI=1S/C10H22O3.CH4/c1-3-8(11)5-6-10(13)7-9(12)4-2;/h8-13H,3-7H2,1-2H3;1H4. The lowest BCUT2D eigenvalue weighted by Gasteiger charge is -2.15. The maximum atomic E-state index is 9.42. The van der Waals surface area contributed by atoms with E-state index in [4.69, 9.17) is 0 Å². The zero-order chi connectivity index (χ0) is 10.3. The van der Waals surface area contributed by atoms with Crippen LogP contribution in [0.3, 0.4) is 0 Å². The summed E-state index contributed by atoms with van der Waals surface area (Å²) in [6.07, 6.45) is 1.82. The highest BCUT2D eigenvalue weighted by atomic mass is 16.3. The molecule has 3 unspecified atom stereocenters. The van der Waals surface area contributed by atoms with E-state index in [9.17, 15) is 15.3 Å². The van der Waals surface area contributed by atoms with Gasteiger partial charge in [0, 0.05) is 0 Å². The van der Waals surface area contributed by atoms with E-state index in [-0.39, 0.29) is 13.5 Å². The van der Waals surface area contributed by atoms with Gasteiger partial charge in [-0.3, -0.25) is 0 Å². The van der Waals surface area contributed by atoms with Crippen LogP contribution in [0.4, 0.5) is 0 Å². The normalized spacial score (nSPS) is 16.9. The Morgan fingerprint density at radius 3 is 1.64 bits per heavy atom. The van der Waals surface area contributed by atoms with Gasteiger partial charge in [-0.15, -0.1) is 0 Å². The van der Waals surface area contributed by atoms with Crippen molar-refractivity contribution in [3.63, 3.8) is 0 Å². The Balaban J connectivity index is 0. The molecule has 14 heavy (non-hydrogen) atoms. The van der Waals surface area contributed by atoms with Crippen molar-refractivity contribution in [3.05, 3.63) is 0 Å². The molecule has 3 heteroatoms. The highest BCUT2D eigenvalue weighted by molar-refractivity contribution is 4.64. The summed E-state index contributed by atoms with van der Waals surface area (Å²) < 4.78 is 0. The minimum absolute atomic E-state index is 0. The Morgan fingerprint density at radius 1 is 0.786 bits per heavy atom. The summed E-state index contributed by atoms with van der Waals surface area (Å²) in [5, 5.41) is 27.9. The summed E-state index contributed by atoms with van der Waals surface area (Å²) in [6.45, 7) is 3.80. The molecule has 0 aliphatic rings. The van der Waals surface area contributed by atoms with Crippen LogP contribution in [0.5, 0.6) is 0 Å². The molecule has 3 N–H and O–H groups in total. The van der Waals surface area contributed by atoms with E-state index in [1.54, 1.807) is 0 Å². The summed E-state index contributed by atoms with van der Waals surface area (Å²) in [5.74, 6) is 0. The smallest absolute Gasteiger partial charge is 0.0565 e. The van der Waals surface area contributed by atoms with Gasteiger partial charge in [-0.25, -0.2) is 0 Å². The maximum Gasteiger partial charge on any atom is 0.0565 e. The van der Waals surface area contributed by atoms with Crippen LogP contribution < -0.4 is 0 Å². The second-order valence-electron chi connectivity index (χ2n) is 3.59. The fourth-order valence-electron chi connectivity index (χ4n) is 1.19. The van der Waals surface area contributed by atoms with Gasteiger partial charge in [-0.05, 0) is 32.1 Å². The molecule has 0 saturated heterocycles. The van der Waals surface area contributed by atoms with Gasteiger partial charge in [0.1, 0.15) is 0 Å². The van der Waals surface area contributed by atoms with Gasteiger partial charge in [0.2, 0.25) is 0 Å². The van der Waals surface area contributed by atoms with Crippen LogP contribution in [0.2, 0.25) is 0 Å². The molecule has 0 saturated carbocycles. The first-order chi connectivity index (χ1) is 6.10. The summed E-state index contributed by atoms with van der Waals surface area (Å²) in [5.41, 5.74) is 0. The first-order valence-electron chi connectivity index (χ1n) is 5.14. The second-order valence-corrected chi connectivity index (χ2v) is 3.59. The van der Waals surface area contributed by atoms with Gasteiger partial charge in [-0.1, -0.05) is 21.3 Å². The largest absolute Gasteiger partial charge is 0.393 e. The van der Waals surface area contributed by atoms with Crippen LogP contribution in [0.25, 0.3) is 0 Å². The quantitative estimate of drug-likeness (QED) is 0.594. The lowest BCUT2D eigenvalue weighted by molar-refractivity contribution is 0.0595.